The van der Waals surface area contributed by atoms with Crippen LogP contribution in [0.25, 0.3) is 10.9 Å². The number of rotatable bonds is 6. The van der Waals surface area contributed by atoms with Gasteiger partial charge in [0.1, 0.15) is 24.5 Å². The quantitative estimate of drug-likeness (QED) is 0.441. The topological polar surface area (TPSA) is 100 Å². The molecule has 0 radical (unpaired) electrons. The Hall–Kier alpha value is -3.99. The van der Waals surface area contributed by atoms with E-state index in [-0.39, 0.29) is 30.4 Å². The van der Waals surface area contributed by atoms with Gasteiger partial charge in [0, 0.05) is 51.1 Å². The van der Waals surface area contributed by atoms with Crippen molar-refractivity contribution >= 4 is 38.3 Å². The zero-order chi connectivity index (χ0) is 24.4. The largest absolute Gasteiger partial charge is 0.368 e. The molecule has 0 unspecified atom stereocenters. The lowest BCUT2D eigenvalue weighted by Crippen LogP contribution is -2.49. The summed E-state index contributed by atoms with van der Waals surface area (Å²) < 4.78 is 43.5. The number of sulfonamides is 1. The van der Waals surface area contributed by atoms with E-state index in [1.54, 1.807) is 52.1 Å². The van der Waals surface area contributed by atoms with Gasteiger partial charge in [0.05, 0.1) is 10.4 Å². The third-order valence-electron chi connectivity index (χ3n) is 6.01. The molecular weight excluding hydrogens is 471 g/mol. The number of piperazine rings is 1. The molecule has 3 heterocycles. The average molecular weight is 497 g/mol. The number of hydrogen-bond donors (Lipinski definition) is 1. The van der Waals surface area contributed by atoms with Gasteiger partial charge in [-0.15, -0.1) is 0 Å². The number of benzene rings is 2. The number of halogens is 1. The Morgan fingerprint density at radius 3 is 2.51 bits per heavy atom. The second kappa shape index (κ2) is 9.34. The van der Waals surface area contributed by atoms with E-state index in [2.05, 4.69) is 19.6 Å². The molecule has 35 heavy (non-hydrogen) atoms. The van der Waals surface area contributed by atoms with Crippen LogP contribution in [-0.2, 0) is 21.4 Å². The number of carbonyl (C=O) groups is 1. The maximum atomic E-state index is 14.2. The zero-order valence-electron chi connectivity index (χ0n) is 18.7. The first-order chi connectivity index (χ1) is 16.9. The molecule has 1 aliphatic heterocycles. The number of anilines is 2. The van der Waals surface area contributed by atoms with Crippen LogP contribution in [0.4, 0.5) is 15.9 Å². The van der Waals surface area contributed by atoms with Gasteiger partial charge in [-0.1, -0.05) is 12.1 Å². The molecule has 1 amide bonds. The van der Waals surface area contributed by atoms with E-state index in [1.807, 2.05) is 6.07 Å². The zero-order valence-corrected chi connectivity index (χ0v) is 19.5. The van der Waals surface area contributed by atoms with Crippen molar-refractivity contribution in [2.75, 3.05) is 35.8 Å². The summed E-state index contributed by atoms with van der Waals surface area (Å²) in [5, 5.41) is 0.764. The molecule has 0 spiro atoms. The number of carbonyl (C=O) groups excluding carboxylic acids is 1. The van der Waals surface area contributed by atoms with E-state index in [0.29, 0.717) is 31.7 Å². The molecule has 9 nitrogen and oxygen atoms in total. The highest BCUT2D eigenvalue weighted by molar-refractivity contribution is 7.92. The van der Waals surface area contributed by atoms with E-state index in [1.165, 1.54) is 24.7 Å². The van der Waals surface area contributed by atoms with Crippen LogP contribution < -0.4 is 9.62 Å². The molecule has 2 aromatic carbocycles. The number of nitrogens with one attached hydrogen (secondary N) is 1. The third-order valence-corrected chi connectivity index (χ3v) is 7.38. The second-order valence-electron chi connectivity index (χ2n) is 8.18. The first-order valence-electron chi connectivity index (χ1n) is 11.1. The highest BCUT2D eigenvalue weighted by Crippen LogP contribution is 2.22. The Morgan fingerprint density at radius 1 is 1.03 bits per heavy atom. The van der Waals surface area contributed by atoms with Crippen molar-refractivity contribution < 1.29 is 19.0 Å². The minimum atomic E-state index is -3.77. The maximum absolute atomic E-state index is 14.2. The van der Waals surface area contributed by atoms with Crippen molar-refractivity contribution in [2.45, 2.75) is 11.4 Å². The molecular formula is C24H25FN6O3S. The van der Waals surface area contributed by atoms with Crippen molar-refractivity contribution in [1.29, 1.82) is 0 Å². The first kappa shape index (κ1) is 22.8. The Kier molecular flexibility index (Phi) is 6.08. The standard InChI is InChI=1S/C24H23FN6O3S.H2/c25-21-3-1-2-18-9-11-31(24(18)21)16-23(32)30-14-12-29(13-15-30)19-4-6-20(7-5-19)35(33,34)28-22-8-10-26-17-27-22;/h1-11,17H,12-16H2,(H,26,27,28);1H. The molecule has 182 valence electrons. The van der Waals surface area contributed by atoms with Crippen molar-refractivity contribution in [3.63, 3.8) is 0 Å². The monoisotopic (exact) mass is 496 g/mol. The Balaban J connectivity index is 0.00000304. The fourth-order valence-electron chi connectivity index (χ4n) is 4.19. The van der Waals surface area contributed by atoms with E-state index < -0.39 is 10.0 Å². The van der Waals surface area contributed by atoms with Crippen molar-refractivity contribution in [3.05, 3.63) is 79.1 Å². The Bertz CT molecular complexity index is 1460. The molecule has 11 heteroatoms. The van der Waals surface area contributed by atoms with Crippen molar-refractivity contribution in [1.82, 2.24) is 19.4 Å². The van der Waals surface area contributed by atoms with Crippen LogP contribution in [0.3, 0.4) is 0 Å². The van der Waals surface area contributed by atoms with E-state index in [9.17, 15) is 17.6 Å². The summed E-state index contributed by atoms with van der Waals surface area (Å²) in [4.78, 5) is 24.5. The van der Waals surface area contributed by atoms with Gasteiger partial charge in [-0.05, 0) is 42.5 Å². The summed E-state index contributed by atoms with van der Waals surface area (Å²) in [5.41, 5.74) is 1.31. The summed E-state index contributed by atoms with van der Waals surface area (Å²) in [7, 11) is -3.77. The predicted octanol–water partition coefficient (Wildman–Crippen LogP) is 2.97. The smallest absolute Gasteiger partial charge is 0.263 e. The molecule has 0 aliphatic carbocycles. The van der Waals surface area contributed by atoms with Crippen LogP contribution in [0.15, 0.2) is 78.2 Å². The molecule has 5 rings (SSSR count). The molecule has 1 saturated heterocycles. The van der Waals surface area contributed by atoms with Gasteiger partial charge in [0.2, 0.25) is 5.91 Å². The van der Waals surface area contributed by atoms with Gasteiger partial charge in [-0.3, -0.25) is 9.52 Å². The van der Waals surface area contributed by atoms with Gasteiger partial charge < -0.3 is 14.4 Å². The average Bonchev–Trinajstić information content (AvgIpc) is 3.28. The van der Waals surface area contributed by atoms with E-state index >= 15 is 0 Å². The van der Waals surface area contributed by atoms with E-state index in [4.69, 9.17) is 0 Å². The number of aromatic nitrogens is 3. The Morgan fingerprint density at radius 2 is 1.80 bits per heavy atom. The number of fused-ring (bicyclic) bond motifs is 1. The minimum Gasteiger partial charge on any atom is -0.368 e. The van der Waals surface area contributed by atoms with Crippen LogP contribution in [0.2, 0.25) is 0 Å². The molecule has 0 bridgehead atoms. The van der Waals surface area contributed by atoms with E-state index in [0.717, 1.165) is 11.1 Å². The Labute approximate surface area is 203 Å². The van der Waals surface area contributed by atoms with Gasteiger partial charge in [0.25, 0.3) is 10.0 Å². The normalized spacial score (nSPS) is 14.3. The first-order valence-corrected chi connectivity index (χ1v) is 12.5. The molecule has 2 aromatic heterocycles. The van der Waals surface area contributed by atoms with Gasteiger partial charge in [-0.25, -0.2) is 22.8 Å². The van der Waals surface area contributed by atoms with Crippen LogP contribution in [0.1, 0.15) is 1.43 Å². The molecule has 1 N–H and O–H groups in total. The predicted molar refractivity (Wildman–Crippen MR) is 132 cm³/mol. The van der Waals surface area contributed by atoms with Crippen LogP contribution in [-0.4, -0.2) is 59.9 Å². The number of nitrogens with zero attached hydrogens (tertiary/aromatic N) is 5. The number of hydrogen-bond acceptors (Lipinski definition) is 6. The SMILES string of the molecule is O=C(Cn1ccc2cccc(F)c21)N1CCN(c2ccc(S(=O)(=O)Nc3ccncn3)cc2)CC1.[HH]. The minimum absolute atomic E-state index is 0. The summed E-state index contributed by atoms with van der Waals surface area (Å²) in [5.74, 6) is -0.217. The highest BCUT2D eigenvalue weighted by atomic mass is 32.2. The van der Waals surface area contributed by atoms with Gasteiger partial charge in [-0.2, -0.15) is 0 Å². The fourth-order valence-corrected chi connectivity index (χ4v) is 5.20. The second-order valence-corrected chi connectivity index (χ2v) is 9.87. The number of para-hydroxylation sites is 1. The van der Waals surface area contributed by atoms with Gasteiger partial charge >= 0.3 is 0 Å². The maximum Gasteiger partial charge on any atom is 0.263 e. The highest BCUT2D eigenvalue weighted by Gasteiger charge is 2.23. The third kappa shape index (κ3) is 4.80. The summed E-state index contributed by atoms with van der Waals surface area (Å²) in [6.45, 7) is 2.34. The molecule has 0 saturated carbocycles. The summed E-state index contributed by atoms with van der Waals surface area (Å²) >= 11 is 0. The van der Waals surface area contributed by atoms with Crippen LogP contribution in [0.5, 0.6) is 0 Å². The lowest BCUT2D eigenvalue weighted by molar-refractivity contribution is -0.132. The fraction of sp³-hybridized carbons (Fsp3) is 0.208. The molecule has 4 aromatic rings. The van der Waals surface area contributed by atoms with Gasteiger partial charge in [0.15, 0.2) is 0 Å². The van der Waals surface area contributed by atoms with Crippen LogP contribution >= 0.6 is 0 Å². The van der Waals surface area contributed by atoms with Crippen molar-refractivity contribution in [3.8, 4) is 0 Å². The summed E-state index contributed by atoms with van der Waals surface area (Å²) in [6.07, 6.45) is 4.46. The molecule has 1 fully saturated rings. The lowest BCUT2D eigenvalue weighted by Gasteiger charge is -2.36. The molecule has 0 atom stereocenters. The lowest BCUT2D eigenvalue weighted by atomic mass is 10.2. The van der Waals surface area contributed by atoms with Crippen LogP contribution in [0, 0.1) is 5.82 Å². The molecule has 1 aliphatic rings. The summed E-state index contributed by atoms with van der Waals surface area (Å²) in [6, 6.07) is 14.7. The number of amides is 1. The van der Waals surface area contributed by atoms with Crippen molar-refractivity contribution in [2.24, 2.45) is 0 Å².